The quantitative estimate of drug-likeness (QED) is 0.631. The van der Waals surface area contributed by atoms with Gasteiger partial charge in [0.1, 0.15) is 11.3 Å². The molecule has 4 N–H and O–H groups in total. The van der Waals surface area contributed by atoms with Crippen LogP contribution >= 0.6 is 0 Å². The van der Waals surface area contributed by atoms with Gasteiger partial charge in [0.05, 0.1) is 12.8 Å². The Morgan fingerprint density at radius 1 is 1.35 bits per heavy atom. The fourth-order valence-electron chi connectivity index (χ4n) is 1.24. The zero-order valence-corrected chi connectivity index (χ0v) is 8.89. The number of amides is 2. The first-order valence-electron chi connectivity index (χ1n) is 4.48. The van der Waals surface area contributed by atoms with Crippen LogP contribution in [0, 0.1) is 0 Å². The second-order valence-corrected chi connectivity index (χ2v) is 3.01. The highest BCUT2D eigenvalue weighted by Gasteiger charge is 2.18. The summed E-state index contributed by atoms with van der Waals surface area (Å²) in [4.78, 5) is 32.6. The Morgan fingerprint density at radius 3 is 2.47 bits per heavy atom. The SMILES string of the molecule is COc1cccc(NC(=O)C(=O)O)c1C(N)=O. The van der Waals surface area contributed by atoms with Crippen LogP contribution in [0.5, 0.6) is 5.75 Å². The number of aliphatic carboxylic acids is 1. The molecule has 7 nitrogen and oxygen atoms in total. The van der Waals surface area contributed by atoms with Crippen molar-refractivity contribution in [1.29, 1.82) is 0 Å². The average molecular weight is 238 g/mol. The third-order valence-electron chi connectivity index (χ3n) is 1.93. The van der Waals surface area contributed by atoms with E-state index in [-0.39, 0.29) is 17.0 Å². The van der Waals surface area contributed by atoms with Crippen molar-refractivity contribution >= 4 is 23.5 Å². The number of carbonyl (C=O) groups is 3. The lowest BCUT2D eigenvalue weighted by atomic mass is 10.1. The number of methoxy groups -OCH3 is 1. The molecule has 7 heteroatoms. The lowest BCUT2D eigenvalue weighted by molar-refractivity contribution is -0.147. The van der Waals surface area contributed by atoms with E-state index in [4.69, 9.17) is 15.6 Å². The van der Waals surface area contributed by atoms with Crippen LogP contribution in [0.3, 0.4) is 0 Å². The van der Waals surface area contributed by atoms with Crippen molar-refractivity contribution in [1.82, 2.24) is 0 Å². The second kappa shape index (κ2) is 4.97. The van der Waals surface area contributed by atoms with Gasteiger partial charge in [-0.1, -0.05) is 6.07 Å². The smallest absolute Gasteiger partial charge is 0.394 e. The van der Waals surface area contributed by atoms with E-state index in [0.29, 0.717) is 0 Å². The molecule has 0 aliphatic rings. The topological polar surface area (TPSA) is 119 Å². The normalized spacial score (nSPS) is 9.47. The number of benzene rings is 1. The van der Waals surface area contributed by atoms with Crippen molar-refractivity contribution < 1.29 is 24.2 Å². The summed E-state index contributed by atoms with van der Waals surface area (Å²) >= 11 is 0. The van der Waals surface area contributed by atoms with Gasteiger partial charge in [-0.05, 0) is 12.1 Å². The zero-order chi connectivity index (χ0) is 13.0. The molecule has 0 saturated carbocycles. The van der Waals surface area contributed by atoms with Gasteiger partial charge in [0.2, 0.25) is 0 Å². The third-order valence-corrected chi connectivity index (χ3v) is 1.93. The van der Waals surface area contributed by atoms with Crippen molar-refractivity contribution in [3.05, 3.63) is 23.8 Å². The summed E-state index contributed by atoms with van der Waals surface area (Å²) in [5.41, 5.74) is 5.04. The van der Waals surface area contributed by atoms with Gasteiger partial charge < -0.3 is 20.9 Å². The number of nitrogens with two attached hydrogens (primary N) is 1. The number of hydrogen-bond acceptors (Lipinski definition) is 4. The van der Waals surface area contributed by atoms with Crippen molar-refractivity contribution in [3.63, 3.8) is 0 Å². The number of anilines is 1. The number of primary amides is 1. The Kier molecular flexibility index (Phi) is 3.66. The van der Waals surface area contributed by atoms with Crippen LogP contribution < -0.4 is 15.8 Å². The minimum atomic E-state index is -1.66. The molecule has 2 amide bonds. The number of rotatable bonds is 3. The van der Waals surface area contributed by atoms with Gasteiger partial charge in [-0.2, -0.15) is 0 Å². The highest BCUT2D eigenvalue weighted by Crippen LogP contribution is 2.25. The predicted molar refractivity (Wildman–Crippen MR) is 57.8 cm³/mol. The van der Waals surface area contributed by atoms with Gasteiger partial charge in [0, 0.05) is 0 Å². The minimum absolute atomic E-state index is 0.00995. The molecule has 0 radical (unpaired) electrons. The van der Waals surface area contributed by atoms with Crippen LogP contribution in [0.15, 0.2) is 18.2 Å². The van der Waals surface area contributed by atoms with Gasteiger partial charge in [-0.3, -0.25) is 9.59 Å². The molecule has 0 spiro atoms. The van der Waals surface area contributed by atoms with E-state index in [0.717, 1.165) is 0 Å². The standard InChI is InChI=1S/C10H10N2O5/c1-17-6-4-2-3-5(7(6)8(11)13)12-9(14)10(15)16/h2-4H,1H3,(H2,11,13)(H,12,14)(H,15,16). The molecule has 0 heterocycles. The Hall–Kier alpha value is -2.57. The third kappa shape index (κ3) is 2.71. The summed E-state index contributed by atoms with van der Waals surface area (Å²) in [6.07, 6.45) is 0. The molecule has 0 unspecified atom stereocenters. The lowest BCUT2D eigenvalue weighted by Gasteiger charge is -2.10. The Bertz CT molecular complexity index is 484. The predicted octanol–water partition coefficient (Wildman–Crippen LogP) is -0.183. The number of hydrogen-bond donors (Lipinski definition) is 3. The molecule has 1 aromatic carbocycles. The fourth-order valence-corrected chi connectivity index (χ4v) is 1.24. The molecular formula is C10H10N2O5. The summed E-state index contributed by atoms with van der Waals surface area (Å²) in [5.74, 6) is -3.60. The van der Waals surface area contributed by atoms with Crippen LogP contribution in [0.1, 0.15) is 10.4 Å². The Balaban J connectivity index is 3.19. The van der Waals surface area contributed by atoms with E-state index in [1.54, 1.807) is 0 Å². The zero-order valence-electron chi connectivity index (χ0n) is 8.89. The van der Waals surface area contributed by atoms with Crippen molar-refractivity contribution in [2.24, 2.45) is 5.73 Å². The van der Waals surface area contributed by atoms with E-state index >= 15 is 0 Å². The maximum atomic E-state index is 11.2. The highest BCUT2D eigenvalue weighted by atomic mass is 16.5. The first-order valence-corrected chi connectivity index (χ1v) is 4.48. The number of carboxylic acid groups (broad SMARTS) is 1. The van der Waals surface area contributed by atoms with Gasteiger partial charge in [-0.15, -0.1) is 0 Å². The average Bonchev–Trinajstić information content (AvgIpc) is 2.27. The summed E-state index contributed by atoms with van der Waals surface area (Å²) in [5, 5.41) is 10.5. The van der Waals surface area contributed by atoms with E-state index in [2.05, 4.69) is 0 Å². The Labute approximate surface area is 96.2 Å². The molecule has 0 aromatic heterocycles. The molecular weight excluding hydrogens is 228 g/mol. The van der Waals surface area contributed by atoms with Gasteiger partial charge in [0.25, 0.3) is 5.91 Å². The van der Waals surface area contributed by atoms with Crippen LogP contribution in [-0.2, 0) is 9.59 Å². The first-order chi connectivity index (χ1) is 7.97. The molecule has 0 aliphatic heterocycles. The number of nitrogens with one attached hydrogen (secondary N) is 1. The number of carbonyl (C=O) groups excluding carboxylic acids is 2. The van der Waals surface area contributed by atoms with Gasteiger partial charge in [-0.25, -0.2) is 4.79 Å². The van der Waals surface area contributed by atoms with Crippen molar-refractivity contribution in [3.8, 4) is 5.75 Å². The van der Waals surface area contributed by atoms with Crippen LogP contribution in [0.2, 0.25) is 0 Å². The van der Waals surface area contributed by atoms with Crippen LogP contribution in [0.25, 0.3) is 0 Å². The molecule has 1 aromatic rings. The fraction of sp³-hybridized carbons (Fsp3) is 0.100. The van der Waals surface area contributed by atoms with E-state index in [1.807, 2.05) is 5.32 Å². The van der Waals surface area contributed by atoms with Crippen LogP contribution in [-0.4, -0.2) is 30.0 Å². The van der Waals surface area contributed by atoms with Gasteiger partial charge in [0.15, 0.2) is 0 Å². The van der Waals surface area contributed by atoms with E-state index < -0.39 is 17.8 Å². The molecule has 0 fully saturated rings. The first kappa shape index (κ1) is 12.5. The molecule has 0 aliphatic carbocycles. The molecule has 1 rings (SSSR count). The summed E-state index contributed by atoms with van der Waals surface area (Å²) < 4.78 is 4.89. The molecule has 0 bridgehead atoms. The molecule has 90 valence electrons. The molecule has 0 saturated heterocycles. The second-order valence-electron chi connectivity index (χ2n) is 3.01. The van der Waals surface area contributed by atoms with Crippen molar-refractivity contribution in [2.75, 3.05) is 12.4 Å². The van der Waals surface area contributed by atoms with Crippen LogP contribution in [0.4, 0.5) is 5.69 Å². The molecule has 0 atom stereocenters. The summed E-state index contributed by atoms with van der Waals surface area (Å²) in [6.45, 7) is 0. The van der Waals surface area contributed by atoms with Gasteiger partial charge >= 0.3 is 11.9 Å². The summed E-state index contributed by atoms with van der Waals surface area (Å²) in [6, 6.07) is 4.31. The lowest BCUT2D eigenvalue weighted by Crippen LogP contribution is -2.24. The maximum absolute atomic E-state index is 11.2. The number of ether oxygens (including phenoxy) is 1. The van der Waals surface area contributed by atoms with E-state index in [9.17, 15) is 14.4 Å². The highest BCUT2D eigenvalue weighted by molar-refractivity contribution is 6.36. The maximum Gasteiger partial charge on any atom is 0.394 e. The van der Waals surface area contributed by atoms with E-state index in [1.165, 1.54) is 25.3 Å². The number of carboxylic acids is 1. The molecule has 17 heavy (non-hydrogen) atoms. The Morgan fingerprint density at radius 2 is 2.00 bits per heavy atom. The monoisotopic (exact) mass is 238 g/mol. The minimum Gasteiger partial charge on any atom is -0.496 e. The largest absolute Gasteiger partial charge is 0.496 e. The van der Waals surface area contributed by atoms with Crippen molar-refractivity contribution in [2.45, 2.75) is 0 Å². The summed E-state index contributed by atoms with van der Waals surface area (Å²) in [7, 11) is 1.32.